The van der Waals surface area contributed by atoms with Gasteiger partial charge in [-0.15, -0.1) is 0 Å². The van der Waals surface area contributed by atoms with Crippen molar-refractivity contribution in [3.8, 4) is 0 Å². The molecule has 0 saturated carbocycles. The monoisotopic (exact) mass is 582 g/mol. The molecule has 182 valence electrons. The molecule has 0 atom stereocenters. The molecule has 0 aliphatic carbocycles. The number of para-hydroxylation sites is 1. The van der Waals surface area contributed by atoms with Gasteiger partial charge in [0.15, 0.2) is 5.96 Å². The van der Waals surface area contributed by atoms with Crippen molar-refractivity contribution < 1.29 is 19.5 Å². The van der Waals surface area contributed by atoms with Gasteiger partial charge in [0.1, 0.15) is 0 Å². The normalized spacial score (nSPS) is 8.78. The first-order chi connectivity index (χ1) is 16.5. The zero-order valence-electron chi connectivity index (χ0n) is 20.0. The molecule has 0 heterocycles. The van der Waals surface area contributed by atoms with Gasteiger partial charge in [0.05, 0.1) is 5.69 Å². The van der Waals surface area contributed by atoms with Gasteiger partial charge in [0.25, 0.3) is 0 Å². The molecule has 0 fully saturated rings. The Labute approximate surface area is 245 Å². The number of thiocarbonyl (C=S) groups is 1. The molecule has 4 aromatic carbocycles. The van der Waals surface area contributed by atoms with Gasteiger partial charge in [-0.2, -0.15) is 49.9 Å². The molecule has 0 aliphatic rings. The molecule has 0 bridgehead atoms. The Hall–Kier alpha value is -2.77. The van der Waals surface area contributed by atoms with Crippen molar-refractivity contribution in [1.82, 2.24) is 4.90 Å². The van der Waals surface area contributed by atoms with Crippen LogP contribution in [0.1, 0.15) is 11.1 Å². The molecule has 8 heteroatoms. The summed E-state index contributed by atoms with van der Waals surface area (Å²) in [5.74, 6) is 0.0891. The second-order valence-electron chi connectivity index (χ2n) is 7.04. The molecule has 36 heavy (non-hydrogen) atoms. The van der Waals surface area contributed by atoms with Gasteiger partial charge in [0, 0.05) is 13.1 Å². The van der Waals surface area contributed by atoms with Gasteiger partial charge < -0.3 is 41.2 Å². The van der Waals surface area contributed by atoms with Crippen LogP contribution in [0.4, 0.5) is 5.69 Å². The van der Waals surface area contributed by atoms with E-state index in [1.54, 1.807) is 0 Å². The van der Waals surface area contributed by atoms with E-state index < -0.39 is 0 Å². The SMILES string of the molecule is NC(N)=Nc1ccccc1.S.S=C([S-])N(Cc1ccccc1)Cc1ccccc1.[Zn+2].[c-]1ccccc1. The van der Waals surface area contributed by atoms with Crippen LogP contribution in [-0.2, 0) is 45.2 Å². The van der Waals surface area contributed by atoms with E-state index in [0.29, 0.717) is 4.32 Å². The van der Waals surface area contributed by atoms with Crippen LogP contribution in [0, 0.1) is 6.07 Å². The van der Waals surface area contributed by atoms with Gasteiger partial charge in [-0.05, 0) is 23.3 Å². The van der Waals surface area contributed by atoms with E-state index in [1.165, 1.54) is 11.1 Å². The molecule has 0 aliphatic heterocycles. The first-order valence-corrected chi connectivity index (χ1v) is 11.5. The topological polar surface area (TPSA) is 67.6 Å². The Kier molecular flexibility index (Phi) is 18.9. The summed E-state index contributed by atoms with van der Waals surface area (Å²) < 4.78 is 0.516. The molecular formula is C28H30N4S3Zn. The van der Waals surface area contributed by atoms with Gasteiger partial charge in [-0.25, -0.2) is 4.99 Å². The fourth-order valence-corrected chi connectivity index (χ4v) is 3.04. The number of nitrogens with two attached hydrogens (primary N) is 2. The maximum atomic E-state index is 5.16. The molecule has 4 N–H and O–H groups in total. The smallest absolute Gasteiger partial charge is 0.411 e. The maximum Gasteiger partial charge on any atom is 2.00 e. The second kappa shape index (κ2) is 20.4. The summed E-state index contributed by atoms with van der Waals surface area (Å²) in [5.41, 5.74) is 13.5. The summed E-state index contributed by atoms with van der Waals surface area (Å²) in [6, 6.07) is 42.3. The number of hydrogen-bond acceptors (Lipinski definition) is 3. The molecule has 0 aromatic heterocycles. The fraction of sp³-hybridized carbons (Fsp3) is 0.0714. The minimum atomic E-state index is 0. The number of rotatable bonds is 5. The van der Waals surface area contributed by atoms with Crippen LogP contribution >= 0.6 is 25.7 Å². The average Bonchev–Trinajstić information content (AvgIpc) is 2.87. The average molecular weight is 584 g/mol. The summed E-state index contributed by atoms with van der Waals surface area (Å²) in [5, 5.41) is 0. The van der Waals surface area contributed by atoms with Crippen LogP contribution in [0.25, 0.3) is 0 Å². The van der Waals surface area contributed by atoms with Crippen LogP contribution < -0.4 is 11.5 Å². The minimum Gasteiger partial charge on any atom is -0.411 e. The Morgan fingerprint density at radius 1 is 0.722 bits per heavy atom. The third-order valence-electron chi connectivity index (χ3n) is 4.31. The Morgan fingerprint density at radius 2 is 1.11 bits per heavy atom. The molecule has 4 aromatic rings. The Morgan fingerprint density at radius 3 is 1.42 bits per heavy atom. The van der Waals surface area contributed by atoms with Gasteiger partial charge in [-0.1, -0.05) is 83.2 Å². The molecular weight excluding hydrogens is 554 g/mol. The molecule has 0 amide bonds. The largest absolute Gasteiger partial charge is 2.00 e. The summed E-state index contributed by atoms with van der Waals surface area (Å²) in [6.07, 6.45) is 0. The van der Waals surface area contributed by atoms with Gasteiger partial charge in [0.2, 0.25) is 0 Å². The van der Waals surface area contributed by atoms with Crippen LogP contribution in [0.15, 0.2) is 126 Å². The maximum absolute atomic E-state index is 5.16. The zero-order chi connectivity index (χ0) is 24.4. The number of nitrogens with zero attached hydrogens (tertiary/aromatic N) is 2. The predicted molar refractivity (Wildman–Crippen MR) is 160 cm³/mol. The van der Waals surface area contributed by atoms with E-state index in [2.05, 4.69) is 35.3 Å². The van der Waals surface area contributed by atoms with Crippen molar-refractivity contribution >= 4 is 54.3 Å². The summed E-state index contributed by atoms with van der Waals surface area (Å²) >= 11 is 10.3. The molecule has 0 saturated heterocycles. The van der Waals surface area contributed by atoms with Crippen LogP contribution in [-0.4, -0.2) is 15.2 Å². The third-order valence-corrected chi connectivity index (χ3v) is 4.83. The fourth-order valence-electron chi connectivity index (χ4n) is 2.79. The number of benzene rings is 4. The Bertz CT molecular complexity index is 1030. The standard InChI is InChI=1S/C15H15NS2.C7H9N3.C6H5.H2S.Zn/c17-15(18)16(11-13-7-3-1-4-8-13)12-14-9-5-2-6-10-14;8-7(9)10-6-4-2-1-3-5-6;1-2-4-6-5-3-1;;/h1-10H,11-12H2,(H,17,18);1-5H,(H4,8,9,10);1-5H;1H2;/q;;-1;;+2/p-1. The molecule has 0 radical (unpaired) electrons. The molecule has 4 rings (SSSR count). The van der Waals surface area contributed by atoms with Crippen LogP contribution in [0.5, 0.6) is 0 Å². The molecule has 0 spiro atoms. The first-order valence-electron chi connectivity index (χ1n) is 10.6. The van der Waals surface area contributed by atoms with Crippen LogP contribution in [0.3, 0.4) is 0 Å². The summed E-state index contributed by atoms with van der Waals surface area (Å²) in [7, 11) is 0. The van der Waals surface area contributed by atoms with Crippen molar-refractivity contribution in [2.75, 3.05) is 0 Å². The van der Waals surface area contributed by atoms with E-state index in [4.69, 9.17) is 36.3 Å². The molecule has 0 unspecified atom stereocenters. The van der Waals surface area contributed by atoms with E-state index >= 15 is 0 Å². The van der Waals surface area contributed by atoms with Crippen molar-refractivity contribution in [1.29, 1.82) is 0 Å². The third kappa shape index (κ3) is 15.3. The number of hydrogen-bond donors (Lipinski definition) is 2. The van der Waals surface area contributed by atoms with Gasteiger partial charge >= 0.3 is 19.5 Å². The number of guanidine groups is 1. The second-order valence-corrected chi connectivity index (χ2v) is 8.07. The Balaban J connectivity index is 0.000000574. The van der Waals surface area contributed by atoms with Gasteiger partial charge in [-0.3, -0.25) is 0 Å². The number of aliphatic imine (C=N–C) groups is 1. The first kappa shape index (κ1) is 33.2. The molecule has 4 nitrogen and oxygen atoms in total. The quantitative estimate of drug-likeness (QED) is 0.0787. The van der Waals surface area contributed by atoms with E-state index in [-0.39, 0.29) is 38.9 Å². The minimum absolute atomic E-state index is 0. The van der Waals surface area contributed by atoms with Crippen molar-refractivity contribution in [2.24, 2.45) is 16.5 Å². The van der Waals surface area contributed by atoms with Crippen molar-refractivity contribution in [2.45, 2.75) is 13.1 Å². The van der Waals surface area contributed by atoms with Crippen molar-refractivity contribution in [3.63, 3.8) is 0 Å². The van der Waals surface area contributed by atoms with E-state index in [0.717, 1.165) is 18.8 Å². The summed E-state index contributed by atoms with van der Waals surface area (Å²) in [4.78, 5) is 5.87. The van der Waals surface area contributed by atoms with Crippen LogP contribution in [0.2, 0.25) is 0 Å². The van der Waals surface area contributed by atoms with E-state index in [9.17, 15) is 0 Å². The zero-order valence-corrected chi connectivity index (χ0v) is 25.6. The van der Waals surface area contributed by atoms with Crippen molar-refractivity contribution in [3.05, 3.63) is 139 Å². The predicted octanol–water partition coefficient (Wildman–Crippen LogP) is 5.71. The van der Waals surface area contributed by atoms with E-state index in [1.807, 2.05) is 102 Å². The summed E-state index contributed by atoms with van der Waals surface area (Å²) in [6.45, 7) is 1.52.